The van der Waals surface area contributed by atoms with E-state index in [1.165, 1.54) is 0 Å². The maximum atomic E-state index is 11.5. The molecule has 1 aliphatic carbocycles. The fourth-order valence-corrected chi connectivity index (χ4v) is 2.34. The fourth-order valence-electron chi connectivity index (χ4n) is 2.34. The van der Waals surface area contributed by atoms with Gasteiger partial charge in [-0.1, -0.05) is 13.3 Å². The normalized spacial score (nSPS) is 15.5. The molecule has 1 rings (SSSR count). The van der Waals surface area contributed by atoms with Crippen molar-refractivity contribution in [3.63, 3.8) is 0 Å². The summed E-state index contributed by atoms with van der Waals surface area (Å²) in [6.07, 6.45) is 5.06. The van der Waals surface area contributed by atoms with E-state index >= 15 is 0 Å². The number of aliphatic hydroxyl groups excluding tert-OH is 1. The lowest BCUT2D eigenvalue weighted by molar-refractivity contribution is -0.122. The third kappa shape index (κ3) is 10.8. The lowest BCUT2D eigenvalue weighted by Gasteiger charge is -2.15. The first-order valence-corrected chi connectivity index (χ1v) is 8.61. The number of aliphatic imine (C=N–C) groups is 1. The number of nitrogens with one attached hydrogen (secondary N) is 3. The lowest BCUT2D eigenvalue weighted by Crippen LogP contribution is -2.42. The van der Waals surface area contributed by atoms with Crippen LogP contribution in [0.4, 0.5) is 0 Å². The average Bonchev–Trinajstić information content (AvgIpc) is 3.33. The number of aliphatic hydroxyl groups is 1. The van der Waals surface area contributed by atoms with Crippen molar-refractivity contribution in [3.05, 3.63) is 0 Å². The van der Waals surface area contributed by atoms with Crippen LogP contribution in [0.3, 0.4) is 0 Å². The van der Waals surface area contributed by atoms with Gasteiger partial charge in [-0.2, -0.15) is 0 Å². The van der Waals surface area contributed by atoms with Gasteiger partial charge in [-0.25, -0.2) is 0 Å². The number of hydrogen-bond acceptors (Lipinski definition) is 3. The summed E-state index contributed by atoms with van der Waals surface area (Å²) < 4.78 is 0. The van der Waals surface area contributed by atoms with E-state index in [4.69, 9.17) is 5.11 Å². The molecular formula is C16H33IN4O2. The molecule has 0 bridgehead atoms. The van der Waals surface area contributed by atoms with Gasteiger partial charge in [0.1, 0.15) is 0 Å². The van der Waals surface area contributed by atoms with E-state index in [1.54, 1.807) is 0 Å². The van der Waals surface area contributed by atoms with Crippen LogP contribution in [-0.4, -0.2) is 49.8 Å². The molecule has 0 radical (unpaired) electrons. The summed E-state index contributed by atoms with van der Waals surface area (Å²) in [5, 5.41) is 18.5. The quantitative estimate of drug-likeness (QED) is 0.170. The SMILES string of the molecule is CCCC(CCO)CN=C(NCC)NCCNC(=O)C1CC1.I. The smallest absolute Gasteiger partial charge is 0.223 e. The highest BCUT2D eigenvalue weighted by Gasteiger charge is 2.28. The van der Waals surface area contributed by atoms with Gasteiger partial charge in [0, 0.05) is 38.7 Å². The van der Waals surface area contributed by atoms with Crippen molar-refractivity contribution in [1.29, 1.82) is 0 Å². The summed E-state index contributed by atoms with van der Waals surface area (Å²) in [5.74, 6) is 1.65. The van der Waals surface area contributed by atoms with Crippen molar-refractivity contribution < 1.29 is 9.90 Å². The van der Waals surface area contributed by atoms with E-state index in [2.05, 4.69) is 27.9 Å². The third-order valence-electron chi connectivity index (χ3n) is 3.75. The molecular weight excluding hydrogens is 407 g/mol. The Bertz CT molecular complexity index is 343. The van der Waals surface area contributed by atoms with Crippen LogP contribution >= 0.6 is 24.0 Å². The Morgan fingerprint density at radius 3 is 2.43 bits per heavy atom. The maximum Gasteiger partial charge on any atom is 0.223 e. The molecule has 0 saturated heterocycles. The molecule has 1 amide bonds. The molecule has 0 aromatic heterocycles. The predicted molar refractivity (Wildman–Crippen MR) is 105 cm³/mol. The Morgan fingerprint density at radius 1 is 1.17 bits per heavy atom. The van der Waals surface area contributed by atoms with Crippen LogP contribution in [0.25, 0.3) is 0 Å². The van der Waals surface area contributed by atoms with Crippen molar-refractivity contribution in [2.45, 2.75) is 46.0 Å². The first-order valence-electron chi connectivity index (χ1n) is 8.61. The van der Waals surface area contributed by atoms with Crippen LogP contribution in [0.2, 0.25) is 0 Å². The van der Waals surface area contributed by atoms with Gasteiger partial charge in [0.25, 0.3) is 0 Å². The summed E-state index contributed by atoms with van der Waals surface area (Å²) in [4.78, 5) is 16.1. The van der Waals surface area contributed by atoms with E-state index < -0.39 is 0 Å². The van der Waals surface area contributed by atoms with Crippen LogP contribution in [0.5, 0.6) is 0 Å². The van der Waals surface area contributed by atoms with Gasteiger partial charge in [-0.05, 0) is 38.5 Å². The van der Waals surface area contributed by atoms with E-state index in [0.717, 1.165) is 51.2 Å². The van der Waals surface area contributed by atoms with Crippen LogP contribution < -0.4 is 16.0 Å². The second-order valence-corrected chi connectivity index (χ2v) is 5.88. The molecule has 1 atom stereocenters. The Morgan fingerprint density at radius 2 is 1.87 bits per heavy atom. The second kappa shape index (κ2) is 13.8. The standard InChI is InChI=1S/C16H32N4O2.HI/c1-3-5-13(8-11-21)12-20-16(17-4-2)19-10-9-18-15(22)14-6-7-14;/h13-14,21H,3-12H2,1-2H3,(H,18,22)(H2,17,19,20);1H. The summed E-state index contributed by atoms with van der Waals surface area (Å²) in [6.45, 7) is 7.22. The van der Waals surface area contributed by atoms with Crippen LogP contribution in [0.15, 0.2) is 4.99 Å². The van der Waals surface area contributed by atoms with Crippen molar-refractivity contribution in [1.82, 2.24) is 16.0 Å². The molecule has 0 aliphatic heterocycles. The van der Waals surface area contributed by atoms with E-state index in [1.807, 2.05) is 6.92 Å². The van der Waals surface area contributed by atoms with E-state index in [-0.39, 0.29) is 42.4 Å². The second-order valence-electron chi connectivity index (χ2n) is 5.88. The molecule has 1 fully saturated rings. The first kappa shape index (κ1) is 22.4. The number of carbonyl (C=O) groups excluding carboxylic acids is 1. The summed E-state index contributed by atoms with van der Waals surface area (Å²) >= 11 is 0. The number of halogens is 1. The minimum absolute atomic E-state index is 0. The number of amides is 1. The van der Waals surface area contributed by atoms with Gasteiger partial charge < -0.3 is 21.1 Å². The first-order chi connectivity index (χ1) is 10.7. The van der Waals surface area contributed by atoms with Crippen LogP contribution in [0.1, 0.15) is 46.0 Å². The van der Waals surface area contributed by atoms with Crippen molar-refractivity contribution in [3.8, 4) is 0 Å². The molecule has 6 nitrogen and oxygen atoms in total. The van der Waals surface area contributed by atoms with Crippen LogP contribution in [0, 0.1) is 11.8 Å². The average molecular weight is 440 g/mol. The highest BCUT2D eigenvalue weighted by Crippen LogP contribution is 2.28. The molecule has 0 heterocycles. The van der Waals surface area contributed by atoms with Gasteiger partial charge in [0.15, 0.2) is 5.96 Å². The molecule has 4 N–H and O–H groups in total. The predicted octanol–water partition coefficient (Wildman–Crippen LogP) is 1.48. The largest absolute Gasteiger partial charge is 0.396 e. The zero-order chi connectivity index (χ0) is 16.2. The zero-order valence-electron chi connectivity index (χ0n) is 14.4. The summed E-state index contributed by atoms with van der Waals surface area (Å²) in [7, 11) is 0. The fraction of sp³-hybridized carbons (Fsp3) is 0.875. The van der Waals surface area contributed by atoms with Gasteiger partial charge in [-0.3, -0.25) is 9.79 Å². The van der Waals surface area contributed by atoms with Crippen molar-refractivity contribution in [2.24, 2.45) is 16.8 Å². The Labute approximate surface area is 157 Å². The van der Waals surface area contributed by atoms with Gasteiger partial charge >= 0.3 is 0 Å². The molecule has 0 spiro atoms. The number of nitrogens with zero attached hydrogens (tertiary/aromatic N) is 1. The van der Waals surface area contributed by atoms with Crippen LogP contribution in [-0.2, 0) is 4.79 Å². The monoisotopic (exact) mass is 440 g/mol. The van der Waals surface area contributed by atoms with Gasteiger partial charge in [0.2, 0.25) is 5.91 Å². The topological polar surface area (TPSA) is 85.8 Å². The Kier molecular flexibility index (Phi) is 13.5. The highest BCUT2D eigenvalue weighted by molar-refractivity contribution is 14.0. The number of hydrogen-bond donors (Lipinski definition) is 4. The molecule has 7 heteroatoms. The molecule has 0 aromatic rings. The molecule has 1 aliphatic rings. The number of rotatable bonds is 11. The van der Waals surface area contributed by atoms with E-state index in [9.17, 15) is 4.79 Å². The molecule has 136 valence electrons. The summed E-state index contributed by atoms with van der Waals surface area (Å²) in [5.41, 5.74) is 0. The molecule has 1 unspecified atom stereocenters. The molecule has 0 aromatic carbocycles. The lowest BCUT2D eigenvalue weighted by atomic mass is 10.0. The highest BCUT2D eigenvalue weighted by atomic mass is 127. The number of guanidine groups is 1. The third-order valence-corrected chi connectivity index (χ3v) is 3.75. The minimum atomic E-state index is 0. The zero-order valence-corrected chi connectivity index (χ0v) is 16.8. The van der Waals surface area contributed by atoms with E-state index in [0.29, 0.717) is 19.0 Å². The molecule has 23 heavy (non-hydrogen) atoms. The Hall–Kier alpha value is -0.570. The Balaban J connectivity index is 0.00000484. The number of carbonyl (C=O) groups is 1. The van der Waals surface area contributed by atoms with Crippen molar-refractivity contribution in [2.75, 3.05) is 32.8 Å². The maximum absolute atomic E-state index is 11.5. The van der Waals surface area contributed by atoms with Gasteiger partial charge in [0.05, 0.1) is 0 Å². The van der Waals surface area contributed by atoms with Crippen molar-refractivity contribution >= 4 is 35.8 Å². The molecule has 1 saturated carbocycles. The minimum Gasteiger partial charge on any atom is -0.396 e. The van der Waals surface area contributed by atoms with Gasteiger partial charge in [-0.15, -0.1) is 24.0 Å². The summed E-state index contributed by atoms with van der Waals surface area (Å²) in [6, 6.07) is 0.